The second-order valence-electron chi connectivity index (χ2n) is 9.11. The number of hydrogen-bond donors (Lipinski definition) is 5. The molecule has 198 valence electrons. The lowest BCUT2D eigenvalue weighted by atomic mass is 9.84. The van der Waals surface area contributed by atoms with Crippen LogP contribution in [0.25, 0.3) is 6.08 Å². The number of phenolic OH excluding ortho intramolecular Hbond substituents is 1. The van der Waals surface area contributed by atoms with Crippen LogP contribution in [0.1, 0.15) is 5.56 Å². The van der Waals surface area contributed by atoms with E-state index in [0.29, 0.717) is 11.1 Å². The molecule has 0 unspecified atom stereocenters. The summed E-state index contributed by atoms with van der Waals surface area (Å²) in [7, 11) is 0. The standard InChI is InChI=1S/C25H26O12/c26-8-16-20(29)21(30)22(31)25(36-16)37-24-18-12(7-15-19(18)14(10-34-24)23(32)35-15)9-33-17(28)6-3-11-1-4-13(27)5-2-11/h1-7,10,15-16,18-22,24-27,29-31H,8-9H2/t15-,16+,18+,19+,20+,21-,22+,24-,25+/m0/s1. The van der Waals surface area contributed by atoms with Crippen LogP contribution < -0.4 is 0 Å². The van der Waals surface area contributed by atoms with Crippen LogP contribution in [0.5, 0.6) is 5.75 Å². The van der Waals surface area contributed by atoms with E-state index in [1.54, 1.807) is 18.2 Å². The zero-order chi connectivity index (χ0) is 26.3. The van der Waals surface area contributed by atoms with Crippen molar-refractivity contribution in [3.05, 3.63) is 59.4 Å². The van der Waals surface area contributed by atoms with Gasteiger partial charge >= 0.3 is 11.9 Å². The number of aromatic hydroxyl groups is 1. The number of benzene rings is 1. The molecule has 12 nitrogen and oxygen atoms in total. The highest BCUT2D eigenvalue weighted by Crippen LogP contribution is 2.49. The summed E-state index contributed by atoms with van der Waals surface area (Å²) >= 11 is 0. The van der Waals surface area contributed by atoms with Gasteiger partial charge in [0, 0.05) is 12.0 Å². The van der Waals surface area contributed by atoms with Crippen LogP contribution in [-0.4, -0.2) is 93.8 Å². The third-order valence-electron chi connectivity index (χ3n) is 6.81. The van der Waals surface area contributed by atoms with Gasteiger partial charge in [0.2, 0.25) is 6.29 Å². The number of carbonyl (C=O) groups is 2. The molecule has 0 saturated carbocycles. The lowest BCUT2D eigenvalue weighted by Gasteiger charge is -2.42. The number of ether oxygens (including phenoxy) is 5. The lowest BCUT2D eigenvalue weighted by Crippen LogP contribution is -2.60. The molecule has 9 atom stereocenters. The Morgan fingerprint density at radius 2 is 1.78 bits per heavy atom. The van der Waals surface area contributed by atoms with Crippen molar-refractivity contribution >= 4 is 18.0 Å². The minimum absolute atomic E-state index is 0.0998. The van der Waals surface area contributed by atoms with E-state index in [-0.39, 0.29) is 17.9 Å². The molecule has 3 aliphatic heterocycles. The van der Waals surface area contributed by atoms with Gasteiger partial charge in [0.1, 0.15) is 42.9 Å². The summed E-state index contributed by atoms with van der Waals surface area (Å²) in [5.74, 6) is -2.23. The summed E-state index contributed by atoms with van der Waals surface area (Å²) in [6, 6.07) is 6.22. The Hall–Kier alpha value is -3.26. The summed E-state index contributed by atoms with van der Waals surface area (Å²) < 4.78 is 27.6. The Kier molecular flexibility index (Phi) is 7.03. The molecule has 1 aromatic carbocycles. The predicted molar refractivity (Wildman–Crippen MR) is 121 cm³/mol. The number of aliphatic hydroxyl groups is 4. The van der Waals surface area contributed by atoms with Crippen LogP contribution in [0.2, 0.25) is 0 Å². The molecule has 0 spiro atoms. The van der Waals surface area contributed by atoms with E-state index in [1.165, 1.54) is 30.5 Å². The van der Waals surface area contributed by atoms with E-state index in [1.807, 2.05) is 0 Å². The first-order valence-electron chi connectivity index (χ1n) is 11.6. The molecule has 0 amide bonds. The third kappa shape index (κ3) is 4.87. The molecule has 3 heterocycles. The number of aliphatic hydroxyl groups excluding tert-OH is 4. The normalized spacial score (nSPS) is 36.4. The molecule has 4 aliphatic rings. The topological polar surface area (TPSA) is 181 Å². The summed E-state index contributed by atoms with van der Waals surface area (Å²) in [5, 5.41) is 49.2. The summed E-state index contributed by atoms with van der Waals surface area (Å²) in [4.78, 5) is 24.5. The number of phenols is 1. The smallest absolute Gasteiger partial charge is 0.338 e. The van der Waals surface area contributed by atoms with E-state index in [0.717, 1.165) is 0 Å². The van der Waals surface area contributed by atoms with Crippen LogP contribution in [0.15, 0.2) is 53.8 Å². The van der Waals surface area contributed by atoms with Crippen molar-refractivity contribution in [2.75, 3.05) is 13.2 Å². The average molecular weight is 518 g/mol. The number of rotatable bonds is 7. The SMILES string of the molecule is O=C(C=Cc1ccc(O)cc1)OCC1=C[C@@H]2OC(=O)C3=CO[C@@H](O[C@H]4O[C@H](CO)[C@@H](O)[C@H](O)[C@H]4O)[C@H]1[C@H]32. The maximum absolute atomic E-state index is 12.3. The molecular weight excluding hydrogens is 492 g/mol. The predicted octanol–water partition coefficient (Wildman–Crippen LogP) is -0.897. The molecule has 1 aromatic rings. The Labute approximate surface area is 210 Å². The number of esters is 2. The van der Waals surface area contributed by atoms with Crippen molar-refractivity contribution in [3.8, 4) is 5.75 Å². The van der Waals surface area contributed by atoms with E-state index in [9.17, 15) is 35.1 Å². The summed E-state index contributed by atoms with van der Waals surface area (Å²) in [5.41, 5.74) is 1.52. The van der Waals surface area contributed by atoms with Crippen molar-refractivity contribution < 1.29 is 58.8 Å². The molecule has 37 heavy (non-hydrogen) atoms. The fourth-order valence-corrected chi connectivity index (χ4v) is 4.89. The molecule has 0 radical (unpaired) electrons. The van der Waals surface area contributed by atoms with E-state index >= 15 is 0 Å². The minimum Gasteiger partial charge on any atom is -0.508 e. The molecule has 5 rings (SSSR count). The van der Waals surface area contributed by atoms with E-state index in [2.05, 4.69) is 0 Å². The average Bonchev–Trinajstić information content (AvgIpc) is 3.41. The fraction of sp³-hybridized carbons (Fsp3) is 0.440. The maximum Gasteiger partial charge on any atom is 0.338 e. The van der Waals surface area contributed by atoms with Crippen molar-refractivity contribution in [3.63, 3.8) is 0 Å². The van der Waals surface area contributed by atoms with Gasteiger partial charge in [0.15, 0.2) is 6.29 Å². The first kappa shape index (κ1) is 25.4. The van der Waals surface area contributed by atoms with Gasteiger partial charge in [-0.15, -0.1) is 0 Å². The van der Waals surface area contributed by atoms with Crippen molar-refractivity contribution in [1.29, 1.82) is 0 Å². The second-order valence-corrected chi connectivity index (χ2v) is 9.11. The van der Waals surface area contributed by atoms with Gasteiger partial charge < -0.3 is 49.2 Å². The molecule has 12 heteroatoms. The lowest BCUT2D eigenvalue weighted by molar-refractivity contribution is -0.339. The molecule has 2 saturated heterocycles. The number of carbonyl (C=O) groups excluding carboxylic acids is 2. The van der Waals surface area contributed by atoms with Gasteiger partial charge in [-0.25, -0.2) is 9.59 Å². The molecule has 0 aromatic heterocycles. The van der Waals surface area contributed by atoms with Gasteiger partial charge in [0.25, 0.3) is 0 Å². The van der Waals surface area contributed by atoms with Crippen molar-refractivity contribution in [2.45, 2.75) is 43.1 Å². The van der Waals surface area contributed by atoms with Crippen LogP contribution in [0, 0.1) is 11.8 Å². The van der Waals surface area contributed by atoms with Gasteiger partial charge in [-0.05, 0) is 35.4 Å². The van der Waals surface area contributed by atoms with Gasteiger partial charge in [-0.3, -0.25) is 0 Å². The summed E-state index contributed by atoms with van der Waals surface area (Å²) in [6.07, 6.45) is -3.64. The van der Waals surface area contributed by atoms with Crippen LogP contribution >= 0.6 is 0 Å². The Bertz CT molecular complexity index is 1120. The Morgan fingerprint density at radius 3 is 2.51 bits per heavy atom. The van der Waals surface area contributed by atoms with E-state index < -0.39 is 73.5 Å². The highest BCUT2D eigenvalue weighted by Gasteiger charge is 2.56. The highest BCUT2D eigenvalue weighted by atomic mass is 16.8. The Morgan fingerprint density at radius 1 is 1.03 bits per heavy atom. The first-order valence-corrected chi connectivity index (χ1v) is 11.6. The van der Waals surface area contributed by atoms with Crippen LogP contribution in [0.3, 0.4) is 0 Å². The minimum atomic E-state index is -1.65. The van der Waals surface area contributed by atoms with Gasteiger partial charge in [0.05, 0.1) is 24.4 Å². The fourth-order valence-electron chi connectivity index (χ4n) is 4.89. The number of hydrogen-bond acceptors (Lipinski definition) is 12. The first-order chi connectivity index (χ1) is 17.8. The Balaban J connectivity index is 1.29. The van der Waals surface area contributed by atoms with Crippen LogP contribution in [-0.2, 0) is 33.3 Å². The monoisotopic (exact) mass is 518 g/mol. The van der Waals surface area contributed by atoms with Crippen LogP contribution in [0.4, 0.5) is 0 Å². The zero-order valence-corrected chi connectivity index (χ0v) is 19.3. The zero-order valence-electron chi connectivity index (χ0n) is 19.3. The van der Waals surface area contributed by atoms with Crippen molar-refractivity contribution in [1.82, 2.24) is 0 Å². The molecule has 0 bridgehead atoms. The van der Waals surface area contributed by atoms with Gasteiger partial charge in [-0.1, -0.05) is 12.1 Å². The molecule has 1 aliphatic carbocycles. The molecule has 5 N–H and O–H groups in total. The maximum atomic E-state index is 12.3. The molecular formula is C25H26O12. The molecule has 2 fully saturated rings. The highest BCUT2D eigenvalue weighted by molar-refractivity contribution is 5.92. The third-order valence-corrected chi connectivity index (χ3v) is 6.81. The van der Waals surface area contributed by atoms with Gasteiger partial charge in [-0.2, -0.15) is 0 Å². The second kappa shape index (κ2) is 10.2. The largest absolute Gasteiger partial charge is 0.508 e. The summed E-state index contributed by atoms with van der Waals surface area (Å²) in [6.45, 7) is -0.797. The van der Waals surface area contributed by atoms with E-state index in [4.69, 9.17) is 23.7 Å². The van der Waals surface area contributed by atoms with Crippen molar-refractivity contribution in [2.24, 2.45) is 11.8 Å². The quantitative estimate of drug-likeness (QED) is 0.171.